The number of carbonyl (C=O) groups is 1. The molecule has 0 aliphatic carbocycles. The average Bonchev–Trinajstić information content (AvgIpc) is 2.89. The van der Waals surface area contributed by atoms with Crippen molar-refractivity contribution < 1.29 is 18.0 Å². The largest absolute Gasteiger partial charge is 0.338 e. The summed E-state index contributed by atoms with van der Waals surface area (Å²) in [6, 6.07) is 5.95. The first kappa shape index (κ1) is 15.1. The van der Waals surface area contributed by atoms with Crippen LogP contribution in [-0.2, 0) is 17.8 Å². The molecule has 0 fully saturated rings. The number of halogens is 3. The van der Waals surface area contributed by atoms with E-state index in [4.69, 9.17) is 0 Å². The molecule has 0 aliphatic heterocycles. The van der Waals surface area contributed by atoms with Crippen LogP contribution in [0.15, 0.2) is 36.7 Å². The minimum absolute atomic E-state index is 0.0649. The van der Waals surface area contributed by atoms with E-state index in [1.54, 1.807) is 6.07 Å². The van der Waals surface area contributed by atoms with E-state index in [1.807, 2.05) is 0 Å². The molecule has 0 N–H and O–H groups in total. The lowest BCUT2D eigenvalue weighted by atomic mass is 10.1. The van der Waals surface area contributed by atoms with Gasteiger partial charge in [-0.3, -0.25) is 9.36 Å². The molecule has 1 aromatic carbocycles. The van der Waals surface area contributed by atoms with Crippen LogP contribution in [0.3, 0.4) is 0 Å². The van der Waals surface area contributed by atoms with E-state index in [2.05, 4.69) is 4.98 Å². The van der Waals surface area contributed by atoms with Crippen LogP contribution < -0.4 is 0 Å². The highest BCUT2D eigenvalue weighted by molar-refractivity contribution is 5.78. The molecule has 0 saturated heterocycles. The molecule has 2 rings (SSSR count). The van der Waals surface area contributed by atoms with Gasteiger partial charge >= 0.3 is 6.55 Å². The molecule has 0 atom stereocenters. The smallest absolute Gasteiger partial charge is 0.319 e. The van der Waals surface area contributed by atoms with Gasteiger partial charge in [0.25, 0.3) is 0 Å². The van der Waals surface area contributed by atoms with E-state index in [-0.39, 0.29) is 30.3 Å². The van der Waals surface area contributed by atoms with Crippen molar-refractivity contribution in [2.75, 3.05) is 7.05 Å². The normalized spacial score (nSPS) is 10.9. The predicted octanol–water partition coefficient (Wildman–Crippen LogP) is 2.62. The number of benzene rings is 1. The molecule has 0 radical (unpaired) electrons. The molecule has 0 bridgehead atoms. The van der Waals surface area contributed by atoms with Crippen molar-refractivity contribution in [2.45, 2.75) is 19.5 Å². The van der Waals surface area contributed by atoms with Gasteiger partial charge in [0.15, 0.2) is 0 Å². The standard InChI is InChI=1S/C14H14F3N3O/c1-19(9-12-18-6-7-20(12)14(16)17)13(21)8-10-4-2-3-5-11(10)15/h2-7,14H,8-9H2,1H3. The van der Waals surface area contributed by atoms with Crippen LogP contribution in [0, 0.1) is 5.82 Å². The first-order valence-electron chi connectivity index (χ1n) is 6.26. The molecular weight excluding hydrogens is 283 g/mol. The van der Waals surface area contributed by atoms with Gasteiger partial charge in [0, 0.05) is 19.4 Å². The van der Waals surface area contributed by atoms with Gasteiger partial charge < -0.3 is 4.90 Å². The summed E-state index contributed by atoms with van der Waals surface area (Å²) < 4.78 is 39.5. The Morgan fingerprint density at radius 1 is 1.38 bits per heavy atom. The number of rotatable bonds is 5. The van der Waals surface area contributed by atoms with Gasteiger partial charge in [0.1, 0.15) is 11.6 Å². The van der Waals surface area contributed by atoms with Gasteiger partial charge in [0.05, 0.1) is 13.0 Å². The number of amides is 1. The Kier molecular flexibility index (Phi) is 4.62. The van der Waals surface area contributed by atoms with E-state index in [1.165, 1.54) is 36.3 Å². The molecule has 2 aromatic rings. The lowest BCUT2D eigenvalue weighted by Gasteiger charge is -2.17. The molecule has 0 saturated carbocycles. The third kappa shape index (κ3) is 3.62. The maximum absolute atomic E-state index is 13.5. The van der Waals surface area contributed by atoms with E-state index < -0.39 is 12.4 Å². The number of aromatic nitrogens is 2. The molecule has 0 unspecified atom stereocenters. The predicted molar refractivity (Wildman–Crippen MR) is 70.1 cm³/mol. The number of hydrogen-bond acceptors (Lipinski definition) is 2. The number of likely N-dealkylation sites (N-methyl/N-ethyl adjacent to an activating group) is 1. The van der Waals surface area contributed by atoms with Crippen molar-refractivity contribution in [3.05, 3.63) is 53.9 Å². The van der Waals surface area contributed by atoms with Crippen molar-refractivity contribution in [3.63, 3.8) is 0 Å². The maximum atomic E-state index is 13.5. The molecule has 0 aliphatic rings. The van der Waals surface area contributed by atoms with Crippen LogP contribution >= 0.6 is 0 Å². The third-order valence-electron chi connectivity index (χ3n) is 3.06. The Balaban J connectivity index is 2.03. The summed E-state index contributed by atoms with van der Waals surface area (Å²) >= 11 is 0. The fourth-order valence-corrected chi connectivity index (χ4v) is 1.88. The van der Waals surface area contributed by atoms with E-state index >= 15 is 0 Å². The minimum atomic E-state index is -2.71. The fourth-order valence-electron chi connectivity index (χ4n) is 1.88. The molecule has 4 nitrogen and oxygen atoms in total. The zero-order valence-corrected chi connectivity index (χ0v) is 11.3. The molecule has 21 heavy (non-hydrogen) atoms. The van der Waals surface area contributed by atoms with E-state index in [9.17, 15) is 18.0 Å². The first-order valence-corrected chi connectivity index (χ1v) is 6.26. The van der Waals surface area contributed by atoms with Gasteiger partial charge in [0.2, 0.25) is 5.91 Å². The number of carbonyl (C=O) groups excluding carboxylic acids is 1. The minimum Gasteiger partial charge on any atom is -0.338 e. The number of nitrogens with zero attached hydrogens (tertiary/aromatic N) is 3. The number of hydrogen-bond donors (Lipinski definition) is 0. The van der Waals surface area contributed by atoms with Crippen molar-refractivity contribution in [1.82, 2.24) is 14.5 Å². The van der Waals surface area contributed by atoms with E-state index in [0.29, 0.717) is 4.57 Å². The first-order chi connectivity index (χ1) is 9.99. The highest BCUT2D eigenvalue weighted by atomic mass is 19.3. The molecular formula is C14H14F3N3O. The lowest BCUT2D eigenvalue weighted by Crippen LogP contribution is -2.29. The highest BCUT2D eigenvalue weighted by Crippen LogP contribution is 2.14. The lowest BCUT2D eigenvalue weighted by molar-refractivity contribution is -0.130. The Bertz CT molecular complexity index is 627. The Morgan fingerprint density at radius 2 is 2.10 bits per heavy atom. The van der Waals surface area contributed by atoms with Crippen LogP contribution in [0.2, 0.25) is 0 Å². The highest BCUT2D eigenvalue weighted by Gasteiger charge is 2.17. The van der Waals surface area contributed by atoms with Crippen LogP contribution in [0.25, 0.3) is 0 Å². The molecule has 7 heteroatoms. The van der Waals surface area contributed by atoms with Gasteiger partial charge in [-0.15, -0.1) is 0 Å². The van der Waals surface area contributed by atoms with Crippen molar-refractivity contribution in [3.8, 4) is 0 Å². The zero-order chi connectivity index (χ0) is 15.4. The number of imidazole rings is 1. The van der Waals surface area contributed by atoms with Gasteiger partial charge in [-0.1, -0.05) is 18.2 Å². The monoisotopic (exact) mass is 297 g/mol. The second-order valence-electron chi connectivity index (χ2n) is 4.55. The molecule has 112 valence electrons. The summed E-state index contributed by atoms with van der Waals surface area (Å²) in [6.07, 6.45) is 2.27. The van der Waals surface area contributed by atoms with Gasteiger partial charge in [-0.2, -0.15) is 8.78 Å². The summed E-state index contributed by atoms with van der Waals surface area (Å²) in [6.45, 7) is -2.78. The SMILES string of the molecule is CN(Cc1nccn1C(F)F)C(=O)Cc1ccccc1F. The fraction of sp³-hybridized carbons (Fsp3) is 0.286. The van der Waals surface area contributed by atoms with Crippen molar-refractivity contribution >= 4 is 5.91 Å². The molecule has 1 amide bonds. The summed E-state index contributed by atoms with van der Waals surface area (Å²) in [4.78, 5) is 17.0. The summed E-state index contributed by atoms with van der Waals surface area (Å²) in [5.74, 6) is -0.758. The number of alkyl halides is 2. The van der Waals surface area contributed by atoms with Crippen LogP contribution in [0.1, 0.15) is 17.9 Å². The topological polar surface area (TPSA) is 38.1 Å². The Labute approximate surface area is 119 Å². The average molecular weight is 297 g/mol. The molecule has 0 spiro atoms. The molecule has 1 aromatic heterocycles. The Morgan fingerprint density at radius 3 is 2.76 bits per heavy atom. The summed E-state index contributed by atoms with van der Waals surface area (Å²) in [5, 5.41) is 0. The van der Waals surface area contributed by atoms with Crippen molar-refractivity contribution in [2.24, 2.45) is 0 Å². The third-order valence-corrected chi connectivity index (χ3v) is 3.06. The van der Waals surface area contributed by atoms with Gasteiger partial charge in [-0.25, -0.2) is 9.37 Å². The second-order valence-corrected chi connectivity index (χ2v) is 4.55. The molecule has 1 heterocycles. The van der Waals surface area contributed by atoms with Crippen LogP contribution in [0.5, 0.6) is 0 Å². The maximum Gasteiger partial charge on any atom is 0.319 e. The summed E-state index contributed by atoms with van der Waals surface area (Å²) in [7, 11) is 1.47. The van der Waals surface area contributed by atoms with Crippen LogP contribution in [0.4, 0.5) is 13.2 Å². The Hall–Kier alpha value is -2.31. The van der Waals surface area contributed by atoms with Gasteiger partial charge in [-0.05, 0) is 11.6 Å². The second kappa shape index (κ2) is 6.43. The van der Waals surface area contributed by atoms with E-state index in [0.717, 1.165) is 6.20 Å². The quantitative estimate of drug-likeness (QED) is 0.851. The van der Waals surface area contributed by atoms with Crippen LogP contribution in [-0.4, -0.2) is 27.4 Å². The van der Waals surface area contributed by atoms with Crippen molar-refractivity contribution in [1.29, 1.82) is 0 Å². The summed E-state index contributed by atoms with van der Waals surface area (Å²) in [5.41, 5.74) is 0.270. The zero-order valence-electron chi connectivity index (χ0n) is 11.3.